The third-order valence-electron chi connectivity index (χ3n) is 3.03. The first kappa shape index (κ1) is 16.8. The second kappa shape index (κ2) is 7.11. The average Bonchev–Trinajstić information content (AvgIpc) is 2.77. The molecule has 0 fully saturated rings. The van der Waals surface area contributed by atoms with Crippen LogP contribution in [0.1, 0.15) is 25.2 Å². The summed E-state index contributed by atoms with van der Waals surface area (Å²) in [5.41, 5.74) is 1.91. The summed E-state index contributed by atoms with van der Waals surface area (Å²) in [4.78, 5) is 0. The maximum Gasteiger partial charge on any atom is 0.145 e. The smallest absolute Gasteiger partial charge is 0.145 e. The number of nitrogens with zero attached hydrogens (tertiary/aromatic N) is 2. The summed E-state index contributed by atoms with van der Waals surface area (Å²) in [6.07, 6.45) is 0.833. The van der Waals surface area contributed by atoms with E-state index in [0.717, 1.165) is 28.8 Å². The number of aromatic nitrogens is 2. The Hall–Kier alpha value is -0.590. The average molecular weight is 441 g/mol. The summed E-state index contributed by atoms with van der Waals surface area (Å²) >= 11 is 12.6. The molecule has 114 valence electrons. The van der Waals surface area contributed by atoms with Gasteiger partial charge < -0.3 is 4.74 Å². The molecule has 0 saturated carbocycles. The van der Waals surface area contributed by atoms with E-state index in [9.17, 15) is 4.39 Å². The molecule has 0 unspecified atom stereocenters. The first-order valence-electron chi connectivity index (χ1n) is 6.49. The molecule has 0 aliphatic carbocycles. The molecule has 1 heterocycles. The lowest BCUT2D eigenvalue weighted by molar-refractivity contribution is 0.288. The van der Waals surface area contributed by atoms with Gasteiger partial charge in [0.15, 0.2) is 0 Å². The topological polar surface area (TPSA) is 27.1 Å². The van der Waals surface area contributed by atoms with Crippen molar-refractivity contribution in [2.75, 3.05) is 0 Å². The summed E-state index contributed by atoms with van der Waals surface area (Å²) in [5.74, 6) is -0.0992. The summed E-state index contributed by atoms with van der Waals surface area (Å²) < 4.78 is 22.6. The lowest BCUT2D eigenvalue weighted by Crippen LogP contribution is -2.07. The van der Waals surface area contributed by atoms with E-state index in [0.29, 0.717) is 16.8 Å². The van der Waals surface area contributed by atoms with E-state index in [1.165, 1.54) is 12.1 Å². The number of aryl methyl sites for hydroxylation is 2. The quantitative estimate of drug-likeness (QED) is 0.585. The van der Waals surface area contributed by atoms with Gasteiger partial charge in [-0.05, 0) is 51.3 Å². The van der Waals surface area contributed by atoms with Gasteiger partial charge in [0.2, 0.25) is 0 Å². The molecule has 3 nitrogen and oxygen atoms in total. The minimum Gasteiger partial charge on any atom is -0.486 e. The molecule has 1 aromatic heterocycles. The van der Waals surface area contributed by atoms with Gasteiger partial charge in [-0.3, -0.25) is 4.68 Å². The van der Waals surface area contributed by atoms with Crippen LogP contribution in [0, 0.1) is 5.82 Å². The van der Waals surface area contributed by atoms with Crippen LogP contribution in [0.2, 0.25) is 5.02 Å². The zero-order valence-corrected chi connectivity index (χ0v) is 15.5. The normalized spacial score (nSPS) is 11.0. The van der Waals surface area contributed by atoms with Crippen LogP contribution < -0.4 is 4.74 Å². The van der Waals surface area contributed by atoms with Crippen molar-refractivity contribution in [3.63, 3.8) is 0 Å². The van der Waals surface area contributed by atoms with E-state index in [2.05, 4.69) is 37.0 Å². The number of halogens is 4. The Kier molecular flexibility index (Phi) is 5.68. The number of rotatable bonds is 5. The van der Waals surface area contributed by atoms with E-state index in [-0.39, 0.29) is 5.02 Å². The minimum absolute atomic E-state index is 0.0577. The molecular formula is C14H14Br2ClFN2O. The van der Waals surface area contributed by atoms with Crippen molar-refractivity contribution in [1.29, 1.82) is 0 Å². The molecule has 2 rings (SSSR count). The summed E-state index contributed by atoms with van der Waals surface area (Å²) in [6.45, 7) is 5.09. The lowest BCUT2D eigenvalue weighted by atomic mass is 10.3. The Labute approximate surface area is 144 Å². The zero-order valence-electron chi connectivity index (χ0n) is 11.6. The largest absolute Gasteiger partial charge is 0.486 e. The van der Waals surface area contributed by atoms with Gasteiger partial charge in [0.1, 0.15) is 18.2 Å². The van der Waals surface area contributed by atoms with E-state index >= 15 is 0 Å². The highest BCUT2D eigenvalue weighted by Gasteiger charge is 2.15. The highest BCUT2D eigenvalue weighted by atomic mass is 79.9. The van der Waals surface area contributed by atoms with Crippen molar-refractivity contribution < 1.29 is 9.13 Å². The van der Waals surface area contributed by atoms with Crippen molar-refractivity contribution in [2.45, 2.75) is 33.4 Å². The van der Waals surface area contributed by atoms with Crippen LogP contribution in [-0.4, -0.2) is 9.78 Å². The monoisotopic (exact) mass is 438 g/mol. The number of ether oxygens (including phenoxy) is 1. The maximum absolute atomic E-state index is 13.5. The van der Waals surface area contributed by atoms with Crippen LogP contribution >= 0.6 is 43.5 Å². The van der Waals surface area contributed by atoms with Crippen LogP contribution in [0.25, 0.3) is 0 Å². The van der Waals surface area contributed by atoms with Crippen molar-refractivity contribution in [3.8, 4) is 5.75 Å². The molecule has 1 aromatic carbocycles. The summed E-state index contributed by atoms with van der Waals surface area (Å²) in [5, 5.41) is 4.55. The van der Waals surface area contributed by atoms with Gasteiger partial charge in [0.25, 0.3) is 0 Å². The Morgan fingerprint density at radius 1 is 1.33 bits per heavy atom. The fourth-order valence-corrected chi connectivity index (χ4v) is 3.35. The van der Waals surface area contributed by atoms with Crippen LogP contribution in [0.4, 0.5) is 4.39 Å². The van der Waals surface area contributed by atoms with Crippen molar-refractivity contribution in [3.05, 3.63) is 43.3 Å². The first-order chi connectivity index (χ1) is 9.97. The van der Waals surface area contributed by atoms with Gasteiger partial charge in [-0.2, -0.15) is 5.10 Å². The second-order valence-electron chi connectivity index (χ2n) is 4.36. The summed E-state index contributed by atoms with van der Waals surface area (Å²) in [6, 6.07) is 2.75. The van der Waals surface area contributed by atoms with E-state index in [1.807, 2.05) is 18.5 Å². The van der Waals surface area contributed by atoms with Gasteiger partial charge in [-0.25, -0.2) is 4.39 Å². The number of benzene rings is 1. The predicted octanol–water partition coefficient (Wildman–Crippen LogP) is 5.36. The molecule has 0 aliphatic heterocycles. The molecule has 0 amide bonds. The number of hydrogen-bond acceptors (Lipinski definition) is 2. The molecule has 0 atom stereocenters. The van der Waals surface area contributed by atoms with Gasteiger partial charge in [-0.15, -0.1) is 0 Å². The van der Waals surface area contributed by atoms with Crippen molar-refractivity contribution in [1.82, 2.24) is 9.78 Å². The molecule has 0 saturated heterocycles. The molecule has 0 radical (unpaired) electrons. The van der Waals surface area contributed by atoms with Crippen LogP contribution in [-0.2, 0) is 19.6 Å². The number of hydrogen-bond donors (Lipinski definition) is 0. The zero-order chi connectivity index (χ0) is 15.6. The minimum atomic E-state index is -0.507. The Morgan fingerprint density at radius 3 is 2.67 bits per heavy atom. The third-order valence-corrected chi connectivity index (χ3v) is 4.86. The van der Waals surface area contributed by atoms with Crippen LogP contribution in [0.3, 0.4) is 0 Å². The molecular weight excluding hydrogens is 426 g/mol. The van der Waals surface area contributed by atoms with Gasteiger partial charge in [0.05, 0.1) is 25.4 Å². The Morgan fingerprint density at radius 2 is 2.05 bits per heavy atom. The van der Waals surface area contributed by atoms with Crippen LogP contribution in [0.5, 0.6) is 5.75 Å². The van der Waals surface area contributed by atoms with Crippen LogP contribution in [0.15, 0.2) is 21.1 Å². The van der Waals surface area contributed by atoms with Crippen molar-refractivity contribution in [2.24, 2.45) is 0 Å². The standard InChI is InChI=1S/C14H14Br2ClFN2O/c1-3-11-14(16)12(20(4-2)19-11)7-21-13-6-10(18)9(17)5-8(13)15/h5-6H,3-4,7H2,1-2H3. The third kappa shape index (κ3) is 3.60. The fourth-order valence-electron chi connectivity index (χ4n) is 1.92. The molecule has 7 heteroatoms. The van der Waals surface area contributed by atoms with E-state index < -0.39 is 5.82 Å². The van der Waals surface area contributed by atoms with Gasteiger partial charge in [0, 0.05) is 12.6 Å². The predicted molar refractivity (Wildman–Crippen MR) is 88.4 cm³/mol. The van der Waals surface area contributed by atoms with Gasteiger partial charge in [-0.1, -0.05) is 18.5 Å². The Bertz CT molecular complexity index is 661. The highest BCUT2D eigenvalue weighted by Crippen LogP contribution is 2.32. The van der Waals surface area contributed by atoms with Crippen molar-refractivity contribution >= 4 is 43.5 Å². The lowest BCUT2D eigenvalue weighted by Gasteiger charge is -2.10. The van der Waals surface area contributed by atoms with E-state index in [1.54, 1.807) is 0 Å². The fraction of sp³-hybridized carbons (Fsp3) is 0.357. The molecule has 21 heavy (non-hydrogen) atoms. The molecule has 0 aliphatic rings. The van der Waals surface area contributed by atoms with E-state index in [4.69, 9.17) is 16.3 Å². The van der Waals surface area contributed by atoms with Gasteiger partial charge >= 0.3 is 0 Å². The Balaban J connectivity index is 2.24. The maximum atomic E-state index is 13.5. The first-order valence-corrected chi connectivity index (χ1v) is 8.45. The molecule has 0 bridgehead atoms. The SMILES string of the molecule is CCc1nn(CC)c(COc2cc(F)c(Cl)cc2Br)c1Br. The molecule has 0 spiro atoms. The summed E-state index contributed by atoms with van der Waals surface area (Å²) in [7, 11) is 0. The molecule has 0 N–H and O–H groups in total. The highest BCUT2D eigenvalue weighted by molar-refractivity contribution is 9.10. The second-order valence-corrected chi connectivity index (χ2v) is 6.42. The molecule has 2 aromatic rings.